The van der Waals surface area contributed by atoms with Crippen molar-refractivity contribution in [2.75, 3.05) is 13.2 Å². The second-order valence-electron chi connectivity index (χ2n) is 5.08. The second-order valence-corrected chi connectivity index (χ2v) is 5.08. The summed E-state index contributed by atoms with van der Waals surface area (Å²) < 4.78 is 35.3. The fourth-order valence-corrected chi connectivity index (χ4v) is 2.53. The van der Waals surface area contributed by atoms with Gasteiger partial charge >= 0.3 is 6.61 Å². The number of nitrogens with one attached hydrogen (secondary N) is 1. The molecule has 0 radical (unpaired) electrons. The first-order valence-electron chi connectivity index (χ1n) is 7.00. The second kappa shape index (κ2) is 6.50. The Hall–Kier alpha value is -1.20. The molecule has 0 saturated carbocycles. The molecule has 0 bridgehead atoms. The zero-order valence-corrected chi connectivity index (χ0v) is 11.9. The van der Waals surface area contributed by atoms with Gasteiger partial charge in [0.25, 0.3) is 0 Å². The van der Waals surface area contributed by atoms with Crippen LogP contribution in [-0.4, -0.2) is 25.3 Å². The highest BCUT2D eigenvalue weighted by Crippen LogP contribution is 2.33. The zero-order chi connectivity index (χ0) is 14.6. The molecule has 20 heavy (non-hydrogen) atoms. The lowest BCUT2D eigenvalue weighted by Crippen LogP contribution is -2.54. The molecule has 5 heteroatoms. The van der Waals surface area contributed by atoms with Crippen LogP contribution in [-0.2, 0) is 4.74 Å². The highest BCUT2D eigenvalue weighted by atomic mass is 19.3. The third-order valence-corrected chi connectivity index (χ3v) is 4.06. The maximum atomic E-state index is 12.4. The van der Waals surface area contributed by atoms with Crippen LogP contribution in [0.15, 0.2) is 24.3 Å². The van der Waals surface area contributed by atoms with Crippen molar-refractivity contribution in [3.05, 3.63) is 29.8 Å². The molecule has 1 unspecified atom stereocenters. The average Bonchev–Trinajstić information content (AvgIpc) is 2.47. The number of morpholine rings is 1. The Morgan fingerprint density at radius 3 is 2.60 bits per heavy atom. The minimum atomic E-state index is -2.82. The van der Waals surface area contributed by atoms with Crippen molar-refractivity contribution in [2.24, 2.45) is 0 Å². The largest absolute Gasteiger partial charge is 0.434 e. The lowest BCUT2D eigenvalue weighted by Gasteiger charge is -2.40. The van der Waals surface area contributed by atoms with Crippen molar-refractivity contribution in [1.82, 2.24) is 5.32 Å². The monoisotopic (exact) mass is 285 g/mol. The molecule has 112 valence electrons. The molecule has 0 aliphatic carbocycles. The van der Waals surface area contributed by atoms with Gasteiger partial charge in [0.1, 0.15) is 5.75 Å². The van der Waals surface area contributed by atoms with E-state index in [4.69, 9.17) is 4.74 Å². The van der Waals surface area contributed by atoms with E-state index < -0.39 is 6.61 Å². The Bertz CT molecular complexity index is 426. The van der Waals surface area contributed by atoms with Crippen LogP contribution in [0.3, 0.4) is 0 Å². The summed E-state index contributed by atoms with van der Waals surface area (Å²) >= 11 is 0. The smallest absolute Gasteiger partial charge is 0.387 e. The van der Waals surface area contributed by atoms with Crippen LogP contribution in [0.2, 0.25) is 0 Å². The summed E-state index contributed by atoms with van der Waals surface area (Å²) in [6, 6.07) is 6.81. The lowest BCUT2D eigenvalue weighted by molar-refractivity contribution is -0.0596. The van der Waals surface area contributed by atoms with Crippen LogP contribution in [0.4, 0.5) is 8.78 Å². The number of benzene rings is 1. The van der Waals surface area contributed by atoms with Crippen molar-refractivity contribution < 1.29 is 18.3 Å². The number of rotatable bonds is 5. The summed E-state index contributed by atoms with van der Waals surface area (Å²) in [6.45, 7) is 2.60. The first-order valence-corrected chi connectivity index (χ1v) is 7.00. The van der Waals surface area contributed by atoms with Gasteiger partial charge in [-0.05, 0) is 18.9 Å². The molecular weight excluding hydrogens is 264 g/mol. The fourth-order valence-electron chi connectivity index (χ4n) is 2.53. The Morgan fingerprint density at radius 1 is 1.35 bits per heavy atom. The third-order valence-electron chi connectivity index (χ3n) is 4.06. The topological polar surface area (TPSA) is 30.5 Å². The fraction of sp³-hybridized carbons (Fsp3) is 0.600. The van der Waals surface area contributed by atoms with Crippen LogP contribution in [0.25, 0.3) is 0 Å². The molecule has 1 aromatic carbocycles. The molecule has 1 aliphatic rings. The highest BCUT2D eigenvalue weighted by Gasteiger charge is 2.34. The Labute approximate surface area is 118 Å². The van der Waals surface area contributed by atoms with Crippen molar-refractivity contribution in [3.63, 3.8) is 0 Å². The molecule has 0 spiro atoms. The van der Waals surface area contributed by atoms with E-state index in [1.54, 1.807) is 24.3 Å². The van der Waals surface area contributed by atoms with Crippen LogP contribution in [0.1, 0.15) is 38.4 Å². The van der Waals surface area contributed by atoms with Crippen molar-refractivity contribution >= 4 is 0 Å². The van der Waals surface area contributed by atoms with E-state index in [1.165, 1.54) is 0 Å². The van der Waals surface area contributed by atoms with Gasteiger partial charge in [-0.1, -0.05) is 32.0 Å². The zero-order valence-electron chi connectivity index (χ0n) is 11.9. The van der Waals surface area contributed by atoms with Gasteiger partial charge in [-0.25, -0.2) is 0 Å². The van der Waals surface area contributed by atoms with E-state index in [-0.39, 0.29) is 17.4 Å². The number of halogens is 2. The normalized spacial score (nSPS) is 21.9. The molecule has 1 atom stereocenters. The van der Waals surface area contributed by atoms with Gasteiger partial charge in [0.2, 0.25) is 0 Å². The van der Waals surface area contributed by atoms with Gasteiger partial charge in [0, 0.05) is 17.6 Å². The summed E-state index contributed by atoms with van der Waals surface area (Å²) in [5, 5.41) is 3.49. The van der Waals surface area contributed by atoms with Crippen molar-refractivity contribution in [3.8, 4) is 5.75 Å². The average molecular weight is 285 g/mol. The number of ether oxygens (including phenoxy) is 2. The van der Waals surface area contributed by atoms with E-state index in [1.807, 2.05) is 0 Å². The first kappa shape index (κ1) is 15.2. The minimum Gasteiger partial charge on any atom is -0.434 e. The van der Waals surface area contributed by atoms with Gasteiger partial charge in [-0.3, -0.25) is 0 Å². The molecule has 1 fully saturated rings. The van der Waals surface area contributed by atoms with E-state index in [0.717, 1.165) is 12.8 Å². The van der Waals surface area contributed by atoms with Gasteiger partial charge in [-0.2, -0.15) is 8.78 Å². The predicted octanol–water partition coefficient (Wildman–Crippen LogP) is 3.51. The van der Waals surface area contributed by atoms with Crippen LogP contribution in [0.5, 0.6) is 5.75 Å². The van der Waals surface area contributed by atoms with Gasteiger partial charge in [0.05, 0.1) is 12.7 Å². The molecule has 1 saturated heterocycles. The number of hydrogen-bond acceptors (Lipinski definition) is 3. The van der Waals surface area contributed by atoms with Crippen molar-refractivity contribution in [1.29, 1.82) is 0 Å². The number of para-hydroxylation sites is 1. The first-order chi connectivity index (χ1) is 9.60. The van der Waals surface area contributed by atoms with Gasteiger partial charge in [0.15, 0.2) is 0 Å². The maximum absolute atomic E-state index is 12.4. The van der Waals surface area contributed by atoms with Crippen molar-refractivity contribution in [2.45, 2.75) is 44.9 Å². The molecular formula is C15H21F2NO2. The Kier molecular flexibility index (Phi) is 4.94. The molecule has 3 nitrogen and oxygen atoms in total. The highest BCUT2D eigenvalue weighted by molar-refractivity contribution is 5.35. The van der Waals surface area contributed by atoms with E-state index in [0.29, 0.717) is 18.7 Å². The van der Waals surface area contributed by atoms with E-state index in [2.05, 4.69) is 23.9 Å². The molecule has 1 aliphatic heterocycles. The molecule has 0 amide bonds. The molecule has 0 aromatic heterocycles. The molecule has 1 aromatic rings. The van der Waals surface area contributed by atoms with Gasteiger partial charge < -0.3 is 14.8 Å². The summed E-state index contributed by atoms with van der Waals surface area (Å²) in [7, 11) is 0. The van der Waals surface area contributed by atoms with Crippen LogP contribution in [0, 0.1) is 0 Å². The SMILES string of the molecule is CCC1(CC)COC(c2ccccc2OC(F)F)CN1. The Morgan fingerprint density at radius 2 is 2.05 bits per heavy atom. The standard InChI is InChI=1S/C15H21F2NO2/c1-3-15(4-2)10-19-13(9-18-15)11-7-5-6-8-12(11)20-14(16)17/h5-8,13-14,18H,3-4,9-10H2,1-2H3. The third kappa shape index (κ3) is 3.27. The van der Waals surface area contributed by atoms with Crippen LogP contribution >= 0.6 is 0 Å². The molecule has 2 rings (SSSR count). The Balaban J connectivity index is 2.10. The molecule has 1 heterocycles. The van der Waals surface area contributed by atoms with E-state index in [9.17, 15) is 8.78 Å². The quantitative estimate of drug-likeness (QED) is 0.898. The number of hydrogen-bond donors (Lipinski definition) is 1. The van der Waals surface area contributed by atoms with E-state index >= 15 is 0 Å². The summed E-state index contributed by atoms with van der Waals surface area (Å²) in [4.78, 5) is 0. The van der Waals surface area contributed by atoms with Gasteiger partial charge in [-0.15, -0.1) is 0 Å². The number of alkyl halides is 2. The lowest BCUT2D eigenvalue weighted by atomic mass is 9.91. The summed E-state index contributed by atoms with van der Waals surface area (Å²) in [5.41, 5.74) is 0.663. The minimum absolute atomic E-state index is 0.00494. The summed E-state index contributed by atoms with van der Waals surface area (Å²) in [6.07, 6.45) is 1.70. The maximum Gasteiger partial charge on any atom is 0.387 e. The summed E-state index contributed by atoms with van der Waals surface area (Å²) in [5.74, 6) is 0.190. The molecule has 1 N–H and O–H groups in total. The predicted molar refractivity (Wildman–Crippen MR) is 73.1 cm³/mol. The van der Waals surface area contributed by atoms with Crippen LogP contribution < -0.4 is 10.1 Å².